The SMILES string of the molecule is CCC#CC1=CN(S)NN1Cc1ccc(-c2ccccc2C(=O)O)cc1. The number of carboxylic acids is 1. The van der Waals surface area contributed by atoms with Gasteiger partial charge in [0.05, 0.1) is 18.3 Å². The van der Waals surface area contributed by atoms with Gasteiger partial charge in [-0.3, -0.25) is 5.01 Å². The molecule has 0 saturated carbocycles. The van der Waals surface area contributed by atoms with Crippen molar-refractivity contribution < 1.29 is 9.90 Å². The number of carbonyl (C=O) groups is 1. The number of benzene rings is 2. The van der Waals surface area contributed by atoms with Crippen LogP contribution in [0.5, 0.6) is 0 Å². The first kappa shape index (κ1) is 17.9. The van der Waals surface area contributed by atoms with E-state index < -0.39 is 5.97 Å². The van der Waals surface area contributed by atoms with E-state index >= 15 is 0 Å². The molecule has 0 bridgehead atoms. The lowest BCUT2D eigenvalue weighted by molar-refractivity contribution is 0.0697. The quantitative estimate of drug-likeness (QED) is 0.570. The average molecular weight is 365 g/mol. The van der Waals surface area contributed by atoms with Crippen LogP contribution in [-0.2, 0) is 6.54 Å². The van der Waals surface area contributed by atoms with Crippen LogP contribution in [0.15, 0.2) is 60.4 Å². The molecule has 1 aliphatic rings. The monoisotopic (exact) mass is 365 g/mol. The molecule has 0 radical (unpaired) electrons. The third kappa shape index (κ3) is 4.02. The van der Waals surface area contributed by atoms with E-state index in [1.807, 2.05) is 54.5 Å². The summed E-state index contributed by atoms with van der Waals surface area (Å²) in [4.78, 5) is 11.4. The Morgan fingerprint density at radius 1 is 1.19 bits per heavy atom. The second-order valence-electron chi connectivity index (χ2n) is 5.75. The molecule has 26 heavy (non-hydrogen) atoms. The fourth-order valence-corrected chi connectivity index (χ4v) is 2.90. The van der Waals surface area contributed by atoms with Gasteiger partial charge in [-0.05, 0) is 41.5 Å². The summed E-state index contributed by atoms with van der Waals surface area (Å²) in [5.74, 6) is 5.24. The first-order valence-corrected chi connectivity index (χ1v) is 8.62. The summed E-state index contributed by atoms with van der Waals surface area (Å²) < 4.78 is 1.57. The van der Waals surface area contributed by atoms with Crippen molar-refractivity contribution in [2.75, 3.05) is 0 Å². The Balaban J connectivity index is 1.79. The summed E-state index contributed by atoms with van der Waals surface area (Å²) in [6.45, 7) is 2.62. The second-order valence-corrected chi connectivity index (χ2v) is 6.18. The van der Waals surface area contributed by atoms with E-state index in [0.29, 0.717) is 17.7 Å². The number of carboxylic acid groups (broad SMARTS) is 1. The molecular weight excluding hydrogens is 346 g/mol. The number of thiol groups is 1. The van der Waals surface area contributed by atoms with Gasteiger partial charge in [0.1, 0.15) is 5.70 Å². The van der Waals surface area contributed by atoms with Crippen molar-refractivity contribution >= 4 is 18.8 Å². The lowest BCUT2D eigenvalue weighted by Gasteiger charge is -2.20. The highest BCUT2D eigenvalue weighted by Crippen LogP contribution is 2.25. The lowest BCUT2D eigenvalue weighted by Crippen LogP contribution is -2.35. The van der Waals surface area contributed by atoms with E-state index in [4.69, 9.17) is 0 Å². The fourth-order valence-electron chi connectivity index (χ4n) is 2.68. The molecule has 0 aliphatic carbocycles. The molecule has 0 aromatic heterocycles. The predicted octanol–water partition coefficient (Wildman–Crippen LogP) is 3.69. The first-order chi connectivity index (χ1) is 12.6. The van der Waals surface area contributed by atoms with Gasteiger partial charge in [0.2, 0.25) is 0 Å². The van der Waals surface area contributed by atoms with Crippen molar-refractivity contribution in [1.29, 1.82) is 0 Å². The third-order valence-corrected chi connectivity index (χ3v) is 4.12. The minimum absolute atomic E-state index is 0.298. The molecule has 2 N–H and O–H groups in total. The standard InChI is InChI=1S/C20H19N3O2S/c1-2-3-6-17-14-23(26)21-22(17)13-15-9-11-16(12-10-15)18-7-4-5-8-19(18)20(24)25/h4-5,7-12,14,21,26H,2,13H2,1H3,(H,24,25). The summed E-state index contributed by atoms with van der Waals surface area (Å²) in [6.07, 6.45) is 2.61. The Morgan fingerprint density at radius 2 is 1.92 bits per heavy atom. The van der Waals surface area contributed by atoms with Gasteiger partial charge in [-0.25, -0.2) is 9.21 Å². The Hall–Kier alpha value is -2.88. The Labute approximate surface area is 158 Å². The fraction of sp³-hybridized carbons (Fsp3) is 0.150. The van der Waals surface area contributed by atoms with E-state index in [0.717, 1.165) is 23.2 Å². The topological polar surface area (TPSA) is 55.8 Å². The van der Waals surface area contributed by atoms with Gasteiger partial charge in [0.25, 0.3) is 0 Å². The van der Waals surface area contributed by atoms with Crippen LogP contribution in [0.25, 0.3) is 11.1 Å². The maximum Gasteiger partial charge on any atom is 0.336 e. The van der Waals surface area contributed by atoms with Crippen LogP contribution in [0.4, 0.5) is 0 Å². The summed E-state index contributed by atoms with van der Waals surface area (Å²) in [7, 11) is 0. The summed E-state index contributed by atoms with van der Waals surface area (Å²) in [5, 5.41) is 11.3. The minimum Gasteiger partial charge on any atom is -0.478 e. The summed E-state index contributed by atoms with van der Waals surface area (Å²) >= 11 is 4.27. The molecule has 3 rings (SSSR count). The number of hydrogen-bond donors (Lipinski definition) is 3. The van der Waals surface area contributed by atoms with Crippen LogP contribution >= 0.6 is 12.8 Å². The summed E-state index contributed by atoms with van der Waals surface area (Å²) in [5.41, 5.74) is 6.89. The molecule has 1 heterocycles. The molecule has 0 atom stereocenters. The van der Waals surface area contributed by atoms with Crippen LogP contribution in [-0.4, -0.2) is 20.5 Å². The van der Waals surface area contributed by atoms with E-state index in [1.165, 1.54) is 0 Å². The molecule has 0 fully saturated rings. The van der Waals surface area contributed by atoms with Gasteiger partial charge < -0.3 is 5.11 Å². The maximum atomic E-state index is 11.4. The van der Waals surface area contributed by atoms with Gasteiger partial charge in [-0.2, -0.15) is 0 Å². The van der Waals surface area contributed by atoms with E-state index in [1.54, 1.807) is 16.5 Å². The zero-order valence-corrected chi connectivity index (χ0v) is 15.2. The van der Waals surface area contributed by atoms with Crippen LogP contribution < -0.4 is 5.53 Å². The normalized spacial score (nSPS) is 13.2. The Bertz CT molecular complexity index is 897. The zero-order valence-electron chi connectivity index (χ0n) is 14.3. The van der Waals surface area contributed by atoms with Gasteiger partial charge in [-0.15, -0.1) is 5.53 Å². The van der Waals surface area contributed by atoms with Gasteiger partial charge in [0.15, 0.2) is 0 Å². The molecule has 0 saturated heterocycles. The van der Waals surface area contributed by atoms with E-state index in [9.17, 15) is 9.90 Å². The number of rotatable bonds is 4. The van der Waals surface area contributed by atoms with Crippen molar-refractivity contribution in [1.82, 2.24) is 15.0 Å². The number of aromatic carboxylic acids is 1. The predicted molar refractivity (Wildman–Crippen MR) is 104 cm³/mol. The highest BCUT2D eigenvalue weighted by molar-refractivity contribution is 7.77. The highest BCUT2D eigenvalue weighted by atomic mass is 32.1. The first-order valence-electron chi connectivity index (χ1n) is 8.22. The molecule has 6 heteroatoms. The number of allylic oxidation sites excluding steroid dienone is 1. The number of hydrogen-bond acceptors (Lipinski definition) is 5. The number of nitrogens with one attached hydrogen (secondary N) is 1. The Kier molecular flexibility index (Phi) is 5.52. The largest absolute Gasteiger partial charge is 0.478 e. The molecule has 0 spiro atoms. The van der Waals surface area contributed by atoms with Crippen LogP contribution in [0.1, 0.15) is 29.3 Å². The molecule has 2 aromatic rings. The molecule has 132 valence electrons. The molecule has 5 nitrogen and oxygen atoms in total. The van der Waals surface area contributed by atoms with Crippen LogP contribution in [0.3, 0.4) is 0 Å². The lowest BCUT2D eigenvalue weighted by atomic mass is 9.99. The number of nitrogens with zero attached hydrogens (tertiary/aromatic N) is 2. The van der Waals surface area contributed by atoms with Crippen molar-refractivity contribution in [3.63, 3.8) is 0 Å². The molecule has 2 aromatic carbocycles. The van der Waals surface area contributed by atoms with Gasteiger partial charge in [0, 0.05) is 6.42 Å². The smallest absolute Gasteiger partial charge is 0.336 e. The molecule has 0 amide bonds. The minimum atomic E-state index is -0.927. The van der Waals surface area contributed by atoms with Crippen LogP contribution in [0, 0.1) is 11.8 Å². The van der Waals surface area contributed by atoms with Crippen LogP contribution in [0.2, 0.25) is 0 Å². The van der Waals surface area contributed by atoms with E-state index in [2.05, 4.69) is 30.2 Å². The van der Waals surface area contributed by atoms with Gasteiger partial charge >= 0.3 is 5.97 Å². The van der Waals surface area contributed by atoms with Crippen molar-refractivity contribution in [2.45, 2.75) is 19.9 Å². The van der Waals surface area contributed by atoms with Crippen molar-refractivity contribution in [3.8, 4) is 23.0 Å². The van der Waals surface area contributed by atoms with Gasteiger partial charge in [-0.1, -0.05) is 55.3 Å². The maximum absolute atomic E-state index is 11.4. The van der Waals surface area contributed by atoms with E-state index in [-0.39, 0.29) is 0 Å². The van der Waals surface area contributed by atoms with Crippen molar-refractivity contribution in [3.05, 3.63) is 71.6 Å². The third-order valence-electron chi connectivity index (χ3n) is 3.91. The molecule has 1 aliphatic heterocycles. The number of hydrazine groups is 2. The average Bonchev–Trinajstić information content (AvgIpc) is 2.99. The Morgan fingerprint density at radius 3 is 2.62 bits per heavy atom. The second kappa shape index (κ2) is 8.00. The molecular formula is C20H19N3O2S. The molecule has 0 unspecified atom stereocenters. The zero-order chi connectivity index (χ0) is 18.5. The summed E-state index contributed by atoms with van der Waals surface area (Å²) in [6, 6.07) is 14.9. The van der Waals surface area contributed by atoms with Crippen molar-refractivity contribution in [2.24, 2.45) is 0 Å². The highest BCUT2D eigenvalue weighted by Gasteiger charge is 2.18.